The summed E-state index contributed by atoms with van der Waals surface area (Å²) in [6.07, 6.45) is 7.78. The average Bonchev–Trinajstić information content (AvgIpc) is 3.49. The highest BCUT2D eigenvalue weighted by atomic mass is 32.2. The van der Waals surface area contributed by atoms with Crippen molar-refractivity contribution in [3.63, 3.8) is 0 Å². The summed E-state index contributed by atoms with van der Waals surface area (Å²) in [5, 5.41) is 2.97. The van der Waals surface area contributed by atoms with Gasteiger partial charge in [-0.3, -0.25) is 4.79 Å². The van der Waals surface area contributed by atoms with E-state index in [-0.39, 0.29) is 19.0 Å². The van der Waals surface area contributed by atoms with E-state index in [1.807, 2.05) is 24.3 Å². The number of nitrogens with zero attached hydrogens (tertiary/aromatic N) is 1. The molecule has 0 saturated heterocycles. The van der Waals surface area contributed by atoms with E-state index in [0.29, 0.717) is 22.3 Å². The number of aryl methyl sites for hydroxylation is 2. The lowest BCUT2D eigenvalue weighted by Crippen LogP contribution is -2.30. The lowest BCUT2D eigenvalue weighted by atomic mass is 9.92. The van der Waals surface area contributed by atoms with Gasteiger partial charge in [-0.25, -0.2) is 8.42 Å². The Bertz CT molecular complexity index is 1230. The van der Waals surface area contributed by atoms with Gasteiger partial charge in [0.15, 0.2) is 0 Å². The molecule has 0 atom stereocenters. The molecular weight excluding hydrogens is 436 g/mol. The SMILES string of the molecule is O=C(NC1CC1)c1ccc(CN(Cc2ccco2)S(=O)(=O)c2ccc3c(c2)CCCC3)cc1. The Morgan fingerprint density at radius 3 is 2.42 bits per heavy atom. The zero-order valence-corrected chi connectivity index (χ0v) is 19.3. The molecule has 172 valence electrons. The van der Waals surface area contributed by atoms with Crippen LogP contribution >= 0.6 is 0 Å². The fraction of sp³-hybridized carbons (Fsp3) is 0.346. The summed E-state index contributed by atoms with van der Waals surface area (Å²) in [7, 11) is -3.75. The van der Waals surface area contributed by atoms with Crippen LogP contribution in [0.2, 0.25) is 0 Å². The zero-order valence-electron chi connectivity index (χ0n) is 18.5. The summed E-state index contributed by atoms with van der Waals surface area (Å²) in [6, 6.07) is 16.5. The van der Waals surface area contributed by atoms with Crippen LogP contribution in [0.3, 0.4) is 0 Å². The van der Waals surface area contributed by atoms with Gasteiger partial charge in [0.25, 0.3) is 5.91 Å². The Hall–Kier alpha value is -2.90. The van der Waals surface area contributed by atoms with Crippen LogP contribution in [0, 0.1) is 0 Å². The molecule has 5 rings (SSSR count). The molecule has 1 fully saturated rings. The van der Waals surface area contributed by atoms with Crippen molar-refractivity contribution in [1.82, 2.24) is 9.62 Å². The normalized spacial score (nSPS) is 15.9. The van der Waals surface area contributed by atoms with Crippen molar-refractivity contribution in [3.05, 3.63) is 88.9 Å². The second-order valence-corrected chi connectivity index (χ2v) is 10.9. The summed E-state index contributed by atoms with van der Waals surface area (Å²) in [5.74, 6) is 0.495. The van der Waals surface area contributed by atoms with Crippen LogP contribution in [0.25, 0.3) is 0 Å². The molecule has 2 aromatic carbocycles. The van der Waals surface area contributed by atoms with Crippen molar-refractivity contribution in [2.45, 2.75) is 62.6 Å². The van der Waals surface area contributed by atoms with Crippen LogP contribution in [-0.2, 0) is 36.0 Å². The minimum Gasteiger partial charge on any atom is -0.468 e. The smallest absolute Gasteiger partial charge is 0.251 e. The van der Waals surface area contributed by atoms with Gasteiger partial charge >= 0.3 is 0 Å². The van der Waals surface area contributed by atoms with E-state index < -0.39 is 10.0 Å². The Labute approximate surface area is 194 Å². The maximum Gasteiger partial charge on any atom is 0.251 e. The molecule has 0 unspecified atom stereocenters. The molecule has 33 heavy (non-hydrogen) atoms. The highest BCUT2D eigenvalue weighted by Gasteiger charge is 2.27. The van der Waals surface area contributed by atoms with E-state index in [9.17, 15) is 13.2 Å². The Morgan fingerprint density at radius 2 is 1.73 bits per heavy atom. The molecule has 0 bridgehead atoms. The van der Waals surface area contributed by atoms with E-state index in [1.54, 1.807) is 36.6 Å². The summed E-state index contributed by atoms with van der Waals surface area (Å²) in [5.41, 5.74) is 3.77. The van der Waals surface area contributed by atoms with Gasteiger partial charge in [-0.2, -0.15) is 4.31 Å². The Morgan fingerprint density at radius 1 is 0.970 bits per heavy atom. The molecule has 2 aliphatic rings. The second kappa shape index (κ2) is 9.15. The highest BCUT2D eigenvalue weighted by molar-refractivity contribution is 7.89. The van der Waals surface area contributed by atoms with Crippen molar-refractivity contribution >= 4 is 15.9 Å². The second-order valence-electron chi connectivity index (χ2n) is 8.93. The fourth-order valence-electron chi connectivity index (χ4n) is 4.28. The number of fused-ring (bicyclic) bond motifs is 1. The van der Waals surface area contributed by atoms with E-state index in [4.69, 9.17) is 4.42 Å². The molecule has 1 aromatic heterocycles. The third kappa shape index (κ3) is 5.04. The lowest BCUT2D eigenvalue weighted by Gasteiger charge is -2.23. The summed E-state index contributed by atoms with van der Waals surface area (Å²) >= 11 is 0. The van der Waals surface area contributed by atoms with Crippen molar-refractivity contribution in [1.29, 1.82) is 0 Å². The molecule has 3 aromatic rings. The van der Waals surface area contributed by atoms with Gasteiger partial charge in [-0.15, -0.1) is 0 Å². The summed E-state index contributed by atoms with van der Waals surface area (Å²) in [4.78, 5) is 12.6. The molecular formula is C26H28N2O4S. The first-order valence-electron chi connectivity index (χ1n) is 11.5. The Balaban J connectivity index is 1.40. The van der Waals surface area contributed by atoms with Gasteiger partial charge < -0.3 is 9.73 Å². The highest BCUT2D eigenvalue weighted by Crippen LogP contribution is 2.27. The number of carbonyl (C=O) groups excluding carboxylic acids is 1. The third-order valence-corrected chi connectivity index (χ3v) is 8.15. The monoisotopic (exact) mass is 464 g/mol. The number of sulfonamides is 1. The minimum absolute atomic E-state index is 0.0850. The van der Waals surface area contributed by atoms with Crippen molar-refractivity contribution < 1.29 is 17.6 Å². The van der Waals surface area contributed by atoms with Gasteiger partial charge in [-0.05, 0) is 91.6 Å². The van der Waals surface area contributed by atoms with Crippen molar-refractivity contribution in [2.75, 3.05) is 0 Å². The van der Waals surface area contributed by atoms with Crippen LogP contribution in [0.5, 0.6) is 0 Å². The molecule has 0 spiro atoms. The molecule has 1 saturated carbocycles. The van der Waals surface area contributed by atoms with E-state index in [0.717, 1.165) is 49.7 Å². The molecule has 1 N–H and O–H groups in total. The largest absolute Gasteiger partial charge is 0.468 e. The van der Waals surface area contributed by atoms with Crippen LogP contribution in [-0.4, -0.2) is 24.7 Å². The standard InChI is InChI=1S/C26H28N2O4S/c29-26(27-23-12-13-23)21-9-7-19(8-10-21)17-28(18-24-6-3-15-32-24)33(30,31)25-14-11-20-4-1-2-5-22(20)16-25/h3,6-11,14-16,23H,1-2,4-5,12-13,17-18H2,(H,27,29). The van der Waals surface area contributed by atoms with Gasteiger partial charge in [0.05, 0.1) is 17.7 Å². The molecule has 6 nitrogen and oxygen atoms in total. The van der Waals surface area contributed by atoms with Crippen LogP contribution < -0.4 is 5.32 Å². The van der Waals surface area contributed by atoms with Gasteiger partial charge in [0, 0.05) is 18.2 Å². The third-order valence-electron chi connectivity index (χ3n) is 6.36. The van der Waals surface area contributed by atoms with Gasteiger partial charge in [-0.1, -0.05) is 18.2 Å². The molecule has 1 heterocycles. The van der Waals surface area contributed by atoms with Crippen LogP contribution in [0.15, 0.2) is 70.2 Å². The maximum atomic E-state index is 13.7. The number of hydrogen-bond acceptors (Lipinski definition) is 4. The van der Waals surface area contributed by atoms with Crippen LogP contribution in [0.4, 0.5) is 0 Å². The van der Waals surface area contributed by atoms with E-state index >= 15 is 0 Å². The van der Waals surface area contributed by atoms with Crippen molar-refractivity contribution in [3.8, 4) is 0 Å². The molecule has 7 heteroatoms. The number of carbonyl (C=O) groups is 1. The topological polar surface area (TPSA) is 79.6 Å². The molecule has 0 aliphatic heterocycles. The zero-order chi connectivity index (χ0) is 22.8. The molecule has 1 amide bonds. The van der Waals surface area contributed by atoms with Gasteiger partial charge in [0.2, 0.25) is 10.0 Å². The lowest BCUT2D eigenvalue weighted by molar-refractivity contribution is 0.0951. The first-order chi connectivity index (χ1) is 16.0. The molecule has 2 aliphatic carbocycles. The number of amides is 1. The minimum atomic E-state index is -3.75. The maximum absolute atomic E-state index is 13.7. The summed E-state index contributed by atoms with van der Waals surface area (Å²) in [6.45, 7) is 0.320. The number of hydrogen-bond donors (Lipinski definition) is 1. The quantitative estimate of drug-likeness (QED) is 0.534. The van der Waals surface area contributed by atoms with E-state index in [1.165, 1.54) is 9.87 Å². The van der Waals surface area contributed by atoms with Gasteiger partial charge in [0.1, 0.15) is 5.76 Å². The number of rotatable bonds is 8. The van der Waals surface area contributed by atoms with Crippen molar-refractivity contribution in [2.24, 2.45) is 0 Å². The number of nitrogens with one attached hydrogen (secondary N) is 1. The first-order valence-corrected chi connectivity index (χ1v) is 13.0. The summed E-state index contributed by atoms with van der Waals surface area (Å²) < 4.78 is 34.2. The number of furan rings is 1. The number of benzene rings is 2. The fourth-order valence-corrected chi connectivity index (χ4v) is 5.73. The average molecular weight is 465 g/mol. The first kappa shape index (κ1) is 21.9. The predicted octanol–water partition coefficient (Wildman–Crippen LogP) is 4.44. The van der Waals surface area contributed by atoms with Crippen LogP contribution in [0.1, 0.15) is 58.5 Å². The van der Waals surface area contributed by atoms with E-state index in [2.05, 4.69) is 5.32 Å². The Kier molecular flexibility index (Phi) is 6.08. The molecule has 0 radical (unpaired) electrons. The predicted molar refractivity (Wildman–Crippen MR) is 125 cm³/mol.